The van der Waals surface area contributed by atoms with Crippen LogP contribution in [0.1, 0.15) is 15.9 Å². The smallest absolute Gasteiger partial charge is 0.343 e. The van der Waals surface area contributed by atoms with Gasteiger partial charge in [-0.05, 0) is 30.7 Å². The van der Waals surface area contributed by atoms with Crippen molar-refractivity contribution >= 4 is 29.2 Å². The van der Waals surface area contributed by atoms with E-state index in [1.54, 1.807) is 30.3 Å². The van der Waals surface area contributed by atoms with E-state index >= 15 is 0 Å². The number of esters is 1. The van der Waals surface area contributed by atoms with Crippen molar-refractivity contribution in [3.05, 3.63) is 63.6 Å². The normalized spacial score (nSPS) is 10.2. The summed E-state index contributed by atoms with van der Waals surface area (Å²) >= 11 is 11.8. The van der Waals surface area contributed by atoms with Crippen molar-refractivity contribution in [3.8, 4) is 5.75 Å². The highest BCUT2D eigenvalue weighted by atomic mass is 35.5. The highest BCUT2D eigenvalue weighted by molar-refractivity contribution is 6.43. The van der Waals surface area contributed by atoms with Crippen LogP contribution in [-0.4, -0.2) is 5.97 Å². The van der Waals surface area contributed by atoms with Gasteiger partial charge in [-0.2, -0.15) is 0 Å². The predicted octanol–water partition coefficient (Wildman–Crippen LogP) is 4.52. The monoisotopic (exact) mass is 280 g/mol. The van der Waals surface area contributed by atoms with Gasteiger partial charge in [-0.1, -0.05) is 47.5 Å². The van der Waals surface area contributed by atoms with Crippen molar-refractivity contribution in [3.63, 3.8) is 0 Å². The summed E-state index contributed by atoms with van der Waals surface area (Å²) < 4.78 is 5.24. The SMILES string of the molecule is Cc1ccccc1C(=O)Oc1cccc(Cl)c1Cl. The van der Waals surface area contributed by atoms with Gasteiger partial charge in [-0.15, -0.1) is 0 Å². The molecule has 0 aromatic heterocycles. The summed E-state index contributed by atoms with van der Waals surface area (Å²) in [7, 11) is 0. The Morgan fingerprint density at radius 3 is 2.50 bits per heavy atom. The van der Waals surface area contributed by atoms with Gasteiger partial charge in [0.1, 0.15) is 5.02 Å². The largest absolute Gasteiger partial charge is 0.421 e. The van der Waals surface area contributed by atoms with Gasteiger partial charge in [0, 0.05) is 0 Å². The number of aryl methyl sites for hydroxylation is 1. The van der Waals surface area contributed by atoms with Crippen molar-refractivity contribution in [2.24, 2.45) is 0 Å². The molecule has 2 aromatic rings. The molecule has 0 aliphatic rings. The Morgan fingerprint density at radius 1 is 1.06 bits per heavy atom. The number of hydrogen-bond donors (Lipinski definition) is 0. The highest BCUT2D eigenvalue weighted by Gasteiger charge is 2.13. The molecular weight excluding hydrogens is 271 g/mol. The van der Waals surface area contributed by atoms with Gasteiger partial charge in [0.2, 0.25) is 0 Å². The molecule has 2 rings (SSSR count). The van der Waals surface area contributed by atoms with Gasteiger partial charge < -0.3 is 4.74 Å². The number of carbonyl (C=O) groups is 1. The van der Waals surface area contributed by atoms with Crippen LogP contribution in [0.2, 0.25) is 10.0 Å². The van der Waals surface area contributed by atoms with Crippen molar-refractivity contribution in [1.29, 1.82) is 0 Å². The molecule has 0 unspecified atom stereocenters. The lowest BCUT2D eigenvalue weighted by Crippen LogP contribution is -2.10. The van der Waals surface area contributed by atoms with Crippen LogP contribution in [0.5, 0.6) is 5.75 Å². The van der Waals surface area contributed by atoms with Crippen LogP contribution in [0.4, 0.5) is 0 Å². The molecule has 0 spiro atoms. The molecule has 0 saturated heterocycles. The van der Waals surface area contributed by atoms with Crippen LogP contribution < -0.4 is 4.74 Å². The van der Waals surface area contributed by atoms with E-state index in [0.717, 1.165) is 5.56 Å². The number of hydrogen-bond acceptors (Lipinski definition) is 2. The molecule has 0 aliphatic carbocycles. The van der Waals surface area contributed by atoms with Crippen molar-refractivity contribution in [2.45, 2.75) is 6.92 Å². The van der Waals surface area contributed by atoms with Gasteiger partial charge in [0.15, 0.2) is 5.75 Å². The Bertz CT molecular complexity index is 594. The van der Waals surface area contributed by atoms with Gasteiger partial charge in [-0.25, -0.2) is 4.79 Å². The molecule has 4 heteroatoms. The molecule has 18 heavy (non-hydrogen) atoms. The number of rotatable bonds is 2. The summed E-state index contributed by atoms with van der Waals surface area (Å²) in [5.74, 6) is -0.185. The van der Waals surface area contributed by atoms with Gasteiger partial charge >= 0.3 is 5.97 Å². The van der Waals surface area contributed by atoms with E-state index in [0.29, 0.717) is 10.6 Å². The van der Waals surface area contributed by atoms with E-state index < -0.39 is 5.97 Å². The fourth-order valence-corrected chi connectivity index (χ4v) is 1.85. The van der Waals surface area contributed by atoms with Crippen molar-refractivity contribution < 1.29 is 9.53 Å². The second kappa shape index (κ2) is 5.42. The third-order valence-electron chi connectivity index (χ3n) is 2.48. The first-order valence-corrected chi connectivity index (χ1v) is 6.07. The molecular formula is C14H10Cl2O2. The molecule has 0 fully saturated rings. The third kappa shape index (κ3) is 2.66. The van der Waals surface area contributed by atoms with E-state index in [2.05, 4.69) is 0 Å². The van der Waals surface area contributed by atoms with E-state index in [1.165, 1.54) is 0 Å². The fraction of sp³-hybridized carbons (Fsp3) is 0.0714. The lowest BCUT2D eigenvalue weighted by molar-refractivity contribution is 0.0734. The summed E-state index contributed by atoms with van der Waals surface area (Å²) in [6.07, 6.45) is 0. The minimum absolute atomic E-state index is 0.237. The van der Waals surface area contributed by atoms with Crippen LogP contribution in [0, 0.1) is 6.92 Å². The third-order valence-corrected chi connectivity index (χ3v) is 3.29. The number of carbonyl (C=O) groups excluding carboxylic acids is 1. The summed E-state index contributed by atoms with van der Waals surface area (Å²) in [4.78, 5) is 12.0. The topological polar surface area (TPSA) is 26.3 Å². The minimum atomic E-state index is -0.447. The minimum Gasteiger partial charge on any atom is -0.421 e. The molecule has 92 valence electrons. The Hall–Kier alpha value is -1.51. The average Bonchev–Trinajstić information content (AvgIpc) is 2.35. The van der Waals surface area contributed by atoms with Gasteiger partial charge in [-0.3, -0.25) is 0 Å². The van der Waals surface area contributed by atoms with Crippen LogP contribution in [0.3, 0.4) is 0 Å². The van der Waals surface area contributed by atoms with E-state index in [9.17, 15) is 4.79 Å². The summed E-state index contributed by atoms with van der Waals surface area (Å²) in [6.45, 7) is 1.84. The Labute approximate surface area is 115 Å². The summed E-state index contributed by atoms with van der Waals surface area (Å²) in [6, 6.07) is 12.1. The van der Waals surface area contributed by atoms with E-state index in [4.69, 9.17) is 27.9 Å². The molecule has 0 bridgehead atoms. The van der Waals surface area contributed by atoms with E-state index in [-0.39, 0.29) is 10.8 Å². The maximum Gasteiger partial charge on any atom is 0.343 e. The first-order chi connectivity index (χ1) is 8.59. The molecule has 0 amide bonds. The Balaban J connectivity index is 2.27. The summed E-state index contributed by atoms with van der Waals surface area (Å²) in [5, 5.41) is 0.591. The van der Waals surface area contributed by atoms with Crippen LogP contribution in [0.25, 0.3) is 0 Å². The number of halogens is 2. The van der Waals surface area contributed by atoms with Crippen LogP contribution in [-0.2, 0) is 0 Å². The molecule has 0 saturated carbocycles. The number of ether oxygens (including phenoxy) is 1. The second-order valence-electron chi connectivity index (χ2n) is 3.76. The first kappa shape index (κ1) is 12.9. The van der Waals surface area contributed by atoms with Gasteiger partial charge in [0.25, 0.3) is 0 Å². The molecule has 0 radical (unpaired) electrons. The molecule has 2 nitrogen and oxygen atoms in total. The van der Waals surface area contributed by atoms with Crippen molar-refractivity contribution in [1.82, 2.24) is 0 Å². The zero-order valence-electron chi connectivity index (χ0n) is 9.61. The zero-order valence-corrected chi connectivity index (χ0v) is 11.1. The second-order valence-corrected chi connectivity index (χ2v) is 4.54. The Kier molecular flexibility index (Phi) is 3.90. The van der Waals surface area contributed by atoms with Crippen LogP contribution in [0.15, 0.2) is 42.5 Å². The average molecular weight is 281 g/mol. The maximum atomic E-state index is 12.0. The molecule has 0 N–H and O–H groups in total. The molecule has 0 heterocycles. The molecule has 0 atom stereocenters. The quantitative estimate of drug-likeness (QED) is 0.597. The predicted molar refractivity (Wildman–Crippen MR) is 72.6 cm³/mol. The zero-order chi connectivity index (χ0) is 13.1. The lowest BCUT2D eigenvalue weighted by Gasteiger charge is -2.08. The number of benzene rings is 2. The molecule has 0 aliphatic heterocycles. The fourth-order valence-electron chi connectivity index (χ4n) is 1.52. The standard InChI is InChI=1S/C14H10Cl2O2/c1-9-5-2-3-6-10(9)14(17)18-12-8-4-7-11(15)13(12)16/h2-8H,1H3. The lowest BCUT2D eigenvalue weighted by atomic mass is 10.1. The van der Waals surface area contributed by atoms with Crippen molar-refractivity contribution in [2.75, 3.05) is 0 Å². The van der Waals surface area contributed by atoms with Crippen LogP contribution >= 0.6 is 23.2 Å². The maximum absolute atomic E-state index is 12.0. The van der Waals surface area contributed by atoms with Gasteiger partial charge in [0.05, 0.1) is 10.6 Å². The van der Waals surface area contributed by atoms with E-state index in [1.807, 2.05) is 19.1 Å². The Morgan fingerprint density at radius 2 is 1.78 bits per heavy atom. The first-order valence-electron chi connectivity index (χ1n) is 5.31. The summed E-state index contributed by atoms with van der Waals surface area (Å²) in [5.41, 5.74) is 1.36. The molecule has 2 aromatic carbocycles. The highest BCUT2D eigenvalue weighted by Crippen LogP contribution is 2.32.